The first-order valence-corrected chi connectivity index (χ1v) is 6.12. The van der Waals surface area contributed by atoms with Crippen LogP contribution in [0.3, 0.4) is 0 Å². The summed E-state index contributed by atoms with van der Waals surface area (Å²) in [6.45, 7) is 7.46. The highest BCUT2D eigenvalue weighted by Crippen LogP contribution is 2.51. The fourth-order valence-corrected chi connectivity index (χ4v) is 3.41. The number of rotatable bonds is 1. The SMILES string of the molecule is CC(C)N1CC[C@@H](C)OP1Cl. The molecule has 2 atom stereocenters. The molecule has 0 radical (unpaired) electrons. The van der Waals surface area contributed by atoms with Crippen molar-refractivity contribution in [2.45, 2.75) is 39.3 Å². The van der Waals surface area contributed by atoms with Gasteiger partial charge >= 0.3 is 0 Å². The molecule has 1 saturated heterocycles. The van der Waals surface area contributed by atoms with Gasteiger partial charge in [-0.3, -0.25) is 0 Å². The van der Waals surface area contributed by atoms with Gasteiger partial charge in [-0.1, -0.05) is 0 Å². The van der Waals surface area contributed by atoms with Gasteiger partial charge in [0.05, 0.1) is 6.10 Å². The van der Waals surface area contributed by atoms with Crippen LogP contribution in [0.5, 0.6) is 0 Å². The smallest absolute Gasteiger partial charge is 0.207 e. The molecular weight excluding hydrogens is 181 g/mol. The standard InChI is InChI=1S/C7H15ClNOP/c1-6(2)9-5-4-7(3)10-11(9)8/h6-7H,4-5H2,1-3H3/t7-,11?/m1/s1. The molecule has 1 aliphatic rings. The maximum Gasteiger partial charge on any atom is 0.207 e. The Morgan fingerprint density at radius 1 is 1.64 bits per heavy atom. The van der Waals surface area contributed by atoms with Crippen LogP contribution in [0.15, 0.2) is 0 Å². The summed E-state index contributed by atoms with van der Waals surface area (Å²) in [6.07, 6.45) is 1.44. The van der Waals surface area contributed by atoms with Crippen LogP contribution in [0, 0.1) is 0 Å². The van der Waals surface area contributed by atoms with Crippen LogP contribution in [-0.4, -0.2) is 23.4 Å². The van der Waals surface area contributed by atoms with Crippen LogP contribution >= 0.6 is 18.9 Å². The van der Waals surface area contributed by atoms with Gasteiger partial charge in [-0.05, 0) is 38.4 Å². The zero-order valence-electron chi connectivity index (χ0n) is 7.25. The molecule has 2 nitrogen and oxygen atoms in total. The summed E-state index contributed by atoms with van der Waals surface area (Å²) in [7, 11) is -0.828. The molecule has 11 heavy (non-hydrogen) atoms. The van der Waals surface area contributed by atoms with Gasteiger partial charge in [0.2, 0.25) is 7.65 Å². The first-order valence-electron chi connectivity index (χ1n) is 4.00. The molecule has 1 heterocycles. The second kappa shape index (κ2) is 4.04. The highest BCUT2D eigenvalue weighted by molar-refractivity contribution is 7.78. The Balaban J connectivity index is 2.44. The third kappa shape index (κ3) is 2.55. The molecule has 4 heteroatoms. The molecule has 0 aromatic rings. The fraction of sp³-hybridized carbons (Fsp3) is 1.00. The zero-order chi connectivity index (χ0) is 8.43. The summed E-state index contributed by atoms with van der Waals surface area (Å²) in [5.41, 5.74) is 0. The minimum atomic E-state index is -0.828. The van der Waals surface area contributed by atoms with Crippen molar-refractivity contribution in [1.82, 2.24) is 4.67 Å². The van der Waals surface area contributed by atoms with Gasteiger partial charge in [-0.25, -0.2) is 4.67 Å². The first kappa shape index (κ1) is 9.73. The van der Waals surface area contributed by atoms with E-state index in [2.05, 4.69) is 25.4 Å². The third-order valence-electron chi connectivity index (χ3n) is 1.83. The van der Waals surface area contributed by atoms with E-state index in [-0.39, 0.29) is 0 Å². The summed E-state index contributed by atoms with van der Waals surface area (Å²) in [6, 6.07) is 0.506. The monoisotopic (exact) mass is 195 g/mol. The maximum absolute atomic E-state index is 6.04. The average Bonchev–Trinajstić information content (AvgIpc) is 1.85. The number of hydrogen-bond acceptors (Lipinski definition) is 2. The molecule has 1 aliphatic heterocycles. The normalized spacial score (nSPS) is 34.6. The molecule has 0 bridgehead atoms. The summed E-state index contributed by atoms with van der Waals surface area (Å²) < 4.78 is 7.74. The lowest BCUT2D eigenvalue weighted by Gasteiger charge is -2.36. The number of nitrogens with zero attached hydrogens (tertiary/aromatic N) is 1. The minimum absolute atomic E-state index is 0.341. The second-order valence-electron chi connectivity index (χ2n) is 3.19. The zero-order valence-corrected chi connectivity index (χ0v) is 8.90. The van der Waals surface area contributed by atoms with E-state index in [1.807, 2.05) is 0 Å². The number of halogens is 1. The van der Waals surface area contributed by atoms with Crippen molar-refractivity contribution >= 4 is 18.9 Å². The van der Waals surface area contributed by atoms with Crippen molar-refractivity contribution in [3.05, 3.63) is 0 Å². The number of hydrogen-bond donors (Lipinski definition) is 0. The van der Waals surface area contributed by atoms with E-state index in [0.717, 1.165) is 13.0 Å². The van der Waals surface area contributed by atoms with E-state index in [4.69, 9.17) is 15.8 Å². The van der Waals surface area contributed by atoms with E-state index in [9.17, 15) is 0 Å². The Morgan fingerprint density at radius 2 is 2.27 bits per heavy atom. The van der Waals surface area contributed by atoms with E-state index < -0.39 is 7.65 Å². The second-order valence-corrected chi connectivity index (χ2v) is 5.23. The average molecular weight is 196 g/mol. The van der Waals surface area contributed by atoms with Crippen molar-refractivity contribution in [3.8, 4) is 0 Å². The van der Waals surface area contributed by atoms with E-state index in [1.165, 1.54) is 0 Å². The lowest BCUT2D eigenvalue weighted by atomic mass is 10.2. The molecule has 0 aliphatic carbocycles. The Hall–Kier alpha value is 0.640. The van der Waals surface area contributed by atoms with Gasteiger partial charge in [0.1, 0.15) is 0 Å². The topological polar surface area (TPSA) is 12.5 Å². The van der Waals surface area contributed by atoms with Gasteiger partial charge in [0.25, 0.3) is 0 Å². The molecule has 1 rings (SSSR count). The van der Waals surface area contributed by atoms with Gasteiger partial charge in [0.15, 0.2) is 0 Å². The quantitative estimate of drug-likeness (QED) is 0.597. The Morgan fingerprint density at radius 3 is 2.73 bits per heavy atom. The van der Waals surface area contributed by atoms with Crippen LogP contribution in [0.25, 0.3) is 0 Å². The van der Waals surface area contributed by atoms with Crippen LogP contribution in [0.1, 0.15) is 27.2 Å². The molecule has 0 aromatic heterocycles. The van der Waals surface area contributed by atoms with E-state index in [0.29, 0.717) is 12.1 Å². The van der Waals surface area contributed by atoms with Crippen molar-refractivity contribution < 1.29 is 4.52 Å². The lowest BCUT2D eigenvalue weighted by Crippen LogP contribution is -2.33. The summed E-state index contributed by atoms with van der Waals surface area (Å²) in [4.78, 5) is 0. The van der Waals surface area contributed by atoms with Crippen molar-refractivity contribution in [2.75, 3.05) is 6.54 Å². The van der Waals surface area contributed by atoms with E-state index in [1.54, 1.807) is 0 Å². The molecule has 1 fully saturated rings. The van der Waals surface area contributed by atoms with Crippen molar-refractivity contribution in [1.29, 1.82) is 0 Å². The predicted molar refractivity (Wildman–Crippen MR) is 49.8 cm³/mol. The Labute approximate surface area is 74.5 Å². The molecule has 0 aromatic carbocycles. The largest absolute Gasteiger partial charge is 0.328 e. The Bertz CT molecular complexity index is 134. The van der Waals surface area contributed by atoms with Crippen molar-refractivity contribution in [2.24, 2.45) is 0 Å². The highest BCUT2D eigenvalue weighted by Gasteiger charge is 2.27. The van der Waals surface area contributed by atoms with E-state index >= 15 is 0 Å². The van der Waals surface area contributed by atoms with Crippen LogP contribution in [0.2, 0.25) is 0 Å². The minimum Gasteiger partial charge on any atom is -0.328 e. The van der Waals surface area contributed by atoms with Gasteiger partial charge in [-0.2, -0.15) is 0 Å². The molecule has 0 saturated carbocycles. The van der Waals surface area contributed by atoms with Crippen molar-refractivity contribution in [3.63, 3.8) is 0 Å². The van der Waals surface area contributed by atoms with Crippen LogP contribution in [0.4, 0.5) is 0 Å². The summed E-state index contributed by atoms with van der Waals surface area (Å²) >= 11 is 6.04. The fourth-order valence-electron chi connectivity index (χ4n) is 1.09. The molecule has 1 unspecified atom stereocenters. The third-order valence-corrected chi connectivity index (χ3v) is 4.25. The van der Waals surface area contributed by atoms with Gasteiger partial charge in [-0.15, -0.1) is 0 Å². The molecule has 66 valence electrons. The molecule has 0 spiro atoms. The predicted octanol–water partition coefficient (Wildman–Crippen LogP) is 2.97. The van der Waals surface area contributed by atoms with Gasteiger partial charge in [0, 0.05) is 12.6 Å². The van der Waals surface area contributed by atoms with Crippen LogP contribution in [-0.2, 0) is 4.52 Å². The summed E-state index contributed by atoms with van der Waals surface area (Å²) in [5.74, 6) is 0. The molecule has 0 amide bonds. The van der Waals surface area contributed by atoms with Crippen LogP contribution < -0.4 is 0 Å². The summed E-state index contributed by atoms with van der Waals surface area (Å²) in [5, 5.41) is 0. The maximum atomic E-state index is 6.04. The Kier molecular flexibility index (Phi) is 3.57. The molecule has 0 N–H and O–H groups in total. The lowest BCUT2D eigenvalue weighted by molar-refractivity contribution is 0.161. The highest BCUT2D eigenvalue weighted by atomic mass is 35.7. The van der Waals surface area contributed by atoms with Gasteiger partial charge < -0.3 is 4.52 Å². The first-order chi connectivity index (χ1) is 5.11. The molecular formula is C7H15ClNOP.